The van der Waals surface area contributed by atoms with E-state index in [9.17, 15) is 0 Å². The van der Waals surface area contributed by atoms with Crippen LogP contribution >= 0.6 is 0 Å². The normalized spacial score (nSPS) is 17.0. The van der Waals surface area contributed by atoms with Crippen molar-refractivity contribution in [3.63, 3.8) is 0 Å². The molecule has 1 unspecified atom stereocenters. The molecule has 3 heteroatoms. The van der Waals surface area contributed by atoms with E-state index in [-0.39, 0.29) is 0 Å². The first kappa shape index (κ1) is 11.3. The Hall–Kier alpha value is -1.22. The van der Waals surface area contributed by atoms with E-state index in [4.69, 9.17) is 10.5 Å². The monoisotopic (exact) mass is 220 g/mol. The number of rotatable bonds is 3. The van der Waals surface area contributed by atoms with E-state index in [0.29, 0.717) is 6.04 Å². The summed E-state index contributed by atoms with van der Waals surface area (Å²) in [5.41, 5.74) is 9.40. The fourth-order valence-electron chi connectivity index (χ4n) is 2.41. The second-order valence-electron chi connectivity index (χ2n) is 4.49. The summed E-state index contributed by atoms with van der Waals surface area (Å²) in [4.78, 5) is 2.40. The van der Waals surface area contributed by atoms with Crippen LogP contribution in [0, 0.1) is 0 Å². The van der Waals surface area contributed by atoms with Crippen molar-refractivity contribution in [2.45, 2.75) is 25.8 Å². The molecule has 0 fully saturated rings. The zero-order chi connectivity index (χ0) is 11.5. The molecule has 0 saturated heterocycles. The maximum Gasteiger partial charge on any atom is 0.0663 e. The molecular formula is C13H20N2O. The van der Waals surface area contributed by atoms with E-state index in [1.165, 1.54) is 17.7 Å². The second-order valence-corrected chi connectivity index (χ2v) is 4.49. The SMILES string of the molecule is COCC(C)N1CCCc2ccc(N)cc21. The fourth-order valence-corrected chi connectivity index (χ4v) is 2.41. The van der Waals surface area contributed by atoms with Crippen LogP contribution in [0.4, 0.5) is 11.4 Å². The number of nitrogens with zero attached hydrogens (tertiary/aromatic N) is 1. The first-order chi connectivity index (χ1) is 7.72. The average Bonchev–Trinajstić information content (AvgIpc) is 2.28. The van der Waals surface area contributed by atoms with Gasteiger partial charge in [-0.05, 0) is 37.5 Å². The van der Waals surface area contributed by atoms with Crippen molar-refractivity contribution in [3.8, 4) is 0 Å². The van der Waals surface area contributed by atoms with Crippen LogP contribution in [0.3, 0.4) is 0 Å². The van der Waals surface area contributed by atoms with E-state index < -0.39 is 0 Å². The van der Waals surface area contributed by atoms with Crippen LogP contribution in [0.15, 0.2) is 18.2 Å². The maximum atomic E-state index is 5.86. The molecule has 1 atom stereocenters. The lowest BCUT2D eigenvalue weighted by Crippen LogP contribution is -2.39. The number of hydrogen-bond donors (Lipinski definition) is 1. The Morgan fingerprint density at radius 1 is 1.50 bits per heavy atom. The van der Waals surface area contributed by atoms with E-state index in [0.717, 1.165) is 25.3 Å². The lowest BCUT2D eigenvalue weighted by molar-refractivity contribution is 0.181. The summed E-state index contributed by atoms with van der Waals surface area (Å²) in [6.07, 6.45) is 2.37. The molecule has 16 heavy (non-hydrogen) atoms. The van der Waals surface area contributed by atoms with Crippen molar-refractivity contribution >= 4 is 11.4 Å². The van der Waals surface area contributed by atoms with Gasteiger partial charge in [0.15, 0.2) is 0 Å². The molecule has 0 spiro atoms. The summed E-state index contributed by atoms with van der Waals surface area (Å²) < 4.78 is 5.23. The van der Waals surface area contributed by atoms with E-state index >= 15 is 0 Å². The van der Waals surface area contributed by atoms with Crippen molar-refractivity contribution in [2.24, 2.45) is 0 Å². The van der Waals surface area contributed by atoms with Crippen LogP contribution < -0.4 is 10.6 Å². The first-order valence-electron chi connectivity index (χ1n) is 5.86. The number of methoxy groups -OCH3 is 1. The van der Waals surface area contributed by atoms with Gasteiger partial charge in [-0.15, -0.1) is 0 Å². The molecule has 0 radical (unpaired) electrons. The molecule has 2 N–H and O–H groups in total. The van der Waals surface area contributed by atoms with Gasteiger partial charge in [-0.1, -0.05) is 6.07 Å². The van der Waals surface area contributed by atoms with E-state index in [1.807, 2.05) is 6.07 Å². The molecule has 1 aromatic rings. The smallest absolute Gasteiger partial charge is 0.0663 e. The van der Waals surface area contributed by atoms with E-state index in [1.54, 1.807) is 7.11 Å². The number of nitrogens with two attached hydrogens (primary N) is 1. The molecule has 1 aromatic carbocycles. The van der Waals surface area contributed by atoms with Crippen molar-refractivity contribution < 1.29 is 4.74 Å². The minimum Gasteiger partial charge on any atom is -0.399 e. The molecule has 0 bridgehead atoms. The van der Waals surface area contributed by atoms with Gasteiger partial charge >= 0.3 is 0 Å². The topological polar surface area (TPSA) is 38.5 Å². The van der Waals surface area contributed by atoms with Gasteiger partial charge in [-0.2, -0.15) is 0 Å². The third-order valence-corrected chi connectivity index (χ3v) is 3.20. The Balaban J connectivity index is 2.27. The molecule has 1 aliphatic heterocycles. The Labute approximate surface area is 97.2 Å². The second kappa shape index (κ2) is 4.74. The quantitative estimate of drug-likeness (QED) is 0.792. The van der Waals surface area contributed by atoms with Gasteiger partial charge in [0.2, 0.25) is 0 Å². The van der Waals surface area contributed by atoms with Gasteiger partial charge in [0.05, 0.1) is 6.61 Å². The van der Waals surface area contributed by atoms with E-state index in [2.05, 4.69) is 24.0 Å². The van der Waals surface area contributed by atoms with Gasteiger partial charge in [0.25, 0.3) is 0 Å². The molecule has 3 nitrogen and oxygen atoms in total. The first-order valence-corrected chi connectivity index (χ1v) is 5.86. The van der Waals surface area contributed by atoms with Gasteiger partial charge < -0.3 is 15.4 Å². The third kappa shape index (κ3) is 2.14. The highest BCUT2D eigenvalue weighted by molar-refractivity contribution is 5.63. The Morgan fingerprint density at radius 2 is 2.31 bits per heavy atom. The van der Waals surface area contributed by atoms with Crippen LogP contribution in [0.25, 0.3) is 0 Å². The zero-order valence-electron chi connectivity index (χ0n) is 10.1. The predicted octanol–water partition coefficient (Wildman–Crippen LogP) is 2.06. The molecule has 1 heterocycles. The number of aryl methyl sites for hydroxylation is 1. The maximum absolute atomic E-state index is 5.86. The highest BCUT2D eigenvalue weighted by Gasteiger charge is 2.21. The zero-order valence-corrected chi connectivity index (χ0v) is 10.1. The lowest BCUT2D eigenvalue weighted by Gasteiger charge is -2.36. The molecule has 2 rings (SSSR count). The number of fused-ring (bicyclic) bond motifs is 1. The summed E-state index contributed by atoms with van der Waals surface area (Å²) >= 11 is 0. The molecule has 0 amide bonds. The van der Waals surface area contributed by atoms with Crippen LogP contribution in [0.5, 0.6) is 0 Å². The van der Waals surface area contributed by atoms with Crippen LogP contribution in [0.2, 0.25) is 0 Å². The highest BCUT2D eigenvalue weighted by atomic mass is 16.5. The molecule has 0 saturated carbocycles. The summed E-state index contributed by atoms with van der Waals surface area (Å²) in [5, 5.41) is 0. The van der Waals surface area contributed by atoms with Gasteiger partial charge in [-0.3, -0.25) is 0 Å². The summed E-state index contributed by atoms with van der Waals surface area (Å²) in [6, 6.07) is 6.63. The van der Waals surface area contributed by atoms with Crippen molar-refractivity contribution in [2.75, 3.05) is 30.9 Å². The molecular weight excluding hydrogens is 200 g/mol. The van der Waals surface area contributed by atoms with Gasteiger partial charge in [0, 0.05) is 31.1 Å². The third-order valence-electron chi connectivity index (χ3n) is 3.20. The number of benzene rings is 1. The minimum atomic E-state index is 0.408. The fraction of sp³-hybridized carbons (Fsp3) is 0.538. The average molecular weight is 220 g/mol. The Morgan fingerprint density at radius 3 is 3.06 bits per heavy atom. The standard InChI is InChI=1S/C13H20N2O/c1-10(9-16-2)15-7-3-4-11-5-6-12(14)8-13(11)15/h5-6,8,10H,3-4,7,9,14H2,1-2H3. The predicted molar refractivity (Wildman–Crippen MR) is 67.9 cm³/mol. The lowest BCUT2D eigenvalue weighted by atomic mass is 10.00. The Kier molecular flexibility index (Phi) is 3.34. The van der Waals surface area contributed by atoms with Crippen molar-refractivity contribution in [1.29, 1.82) is 0 Å². The number of anilines is 2. The van der Waals surface area contributed by atoms with Crippen LogP contribution in [0.1, 0.15) is 18.9 Å². The van der Waals surface area contributed by atoms with Gasteiger partial charge in [0.1, 0.15) is 0 Å². The minimum absolute atomic E-state index is 0.408. The van der Waals surface area contributed by atoms with Crippen molar-refractivity contribution in [1.82, 2.24) is 0 Å². The summed E-state index contributed by atoms with van der Waals surface area (Å²) in [5.74, 6) is 0. The number of ether oxygens (including phenoxy) is 1. The number of nitrogen functional groups attached to an aromatic ring is 1. The Bertz CT molecular complexity index is 365. The largest absolute Gasteiger partial charge is 0.399 e. The van der Waals surface area contributed by atoms with Crippen LogP contribution in [-0.2, 0) is 11.2 Å². The van der Waals surface area contributed by atoms with Crippen LogP contribution in [-0.4, -0.2) is 26.3 Å². The number of hydrogen-bond acceptors (Lipinski definition) is 3. The molecule has 88 valence electrons. The molecule has 0 aromatic heterocycles. The highest BCUT2D eigenvalue weighted by Crippen LogP contribution is 2.30. The molecule has 1 aliphatic rings. The van der Waals surface area contributed by atoms with Crippen molar-refractivity contribution in [3.05, 3.63) is 23.8 Å². The summed E-state index contributed by atoms with van der Waals surface area (Å²) in [7, 11) is 1.75. The molecule has 0 aliphatic carbocycles. The summed E-state index contributed by atoms with van der Waals surface area (Å²) in [6.45, 7) is 4.05. The van der Waals surface area contributed by atoms with Gasteiger partial charge in [-0.25, -0.2) is 0 Å².